The normalized spacial score (nSPS) is 11.6. The molecular weight excluding hydrogens is 419 g/mol. The van der Waals surface area contributed by atoms with Crippen LogP contribution in [-0.4, -0.2) is 25.2 Å². The number of hydrogen-bond acceptors (Lipinski definition) is 3. The van der Waals surface area contributed by atoms with Gasteiger partial charge < -0.3 is 9.88 Å². The van der Waals surface area contributed by atoms with E-state index in [2.05, 4.69) is 15.4 Å². The van der Waals surface area contributed by atoms with Gasteiger partial charge in [0.1, 0.15) is 17.3 Å². The lowest BCUT2D eigenvalue weighted by Crippen LogP contribution is -2.16. The Kier molecular flexibility index (Phi) is 5.33. The summed E-state index contributed by atoms with van der Waals surface area (Å²) in [6.07, 6.45) is -3.03. The Morgan fingerprint density at radius 3 is 2.38 bits per heavy atom. The van der Waals surface area contributed by atoms with Gasteiger partial charge in [0.25, 0.3) is 5.91 Å². The summed E-state index contributed by atoms with van der Waals surface area (Å²) in [5, 5.41) is 6.89. The van der Waals surface area contributed by atoms with E-state index in [0.29, 0.717) is 17.3 Å². The Hall–Kier alpha value is -3.88. The molecule has 0 unspecified atom stereocenters. The third kappa shape index (κ3) is 4.01. The minimum atomic E-state index is -4.58. The van der Waals surface area contributed by atoms with Gasteiger partial charge in [-0.25, -0.2) is 4.98 Å². The van der Waals surface area contributed by atoms with Gasteiger partial charge >= 0.3 is 6.18 Å². The summed E-state index contributed by atoms with van der Waals surface area (Å²) < 4.78 is 43.8. The smallest absolute Gasteiger partial charge is 0.318 e. The lowest BCUT2D eigenvalue weighted by Gasteiger charge is -2.14. The van der Waals surface area contributed by atoms with Gasteiger partial charge in [0.15, 0.2) is 0 Å². The van der Waals surface area contributed by atoms with Crippen molar-refractivity contribution < 1.29 is 18.0 Å². The van der Waals surface area contributed by atoms with E-state index in [1.165, 1.54) is 16.8 Å². The highest BCUT2D eigenvalue weighted by molar-refractivity contribution is 6.06. The molecule has 2 aromatic heterocycles. The first-order valence-corrected chi connectivity index (χ1v) is 9.76. The molecule has 0 spiro atoms. The van der Waals surface area contributed by atoms with E-state index >= 15 is 0 Å². The molecule has 9 heteroatoms. The molecule has 1 amide bonds. The summed E-state index contributed by atoms with van der Waals surface area (Å²) in [5.41, 5.74) is 0.598. The fourth-order valence-electron chi connectivity index (χ4n) is 3.43. The zero-order valence-corrected chi connectivity index (χ0v) is 17.6. The van der Waals surface area contributed by atoms with E-state index in [9.17, 15) is 18.0 Å². The standard InChI is InChI=1S/C23H20F3N5O/c1-14-27-20(15-7-5-4-6-8-15)21(31(14)3)28-22(32)16-9-10-18(23(24,25)26)17(13-16)19-11-12-30(2)29-19/h4-13H,1-3H3,(H,28,32). The number of aromatic nitrogens is 4. The van der Waals surface area contributed by atoms with Gasteiger partial charge in [0.2, 0.25) is 0 Å². The molecule has 0 aliphatic rings. The number of amides is 1. The van der Waals surface area contributed by atoms with Crippen LogP contribution in [0.15, 0.2) is 60.8 Å². The Bertz CT molecular complexity index is 1290. The summed E-state index contributed by atoms with van der Waals surface area (Å²) in [4.78, 5) is 17.6. The van der Waals surface area contributed by atoms with Gasteiger partial charge in [-0.3, -0.25) is 9.48 Å². The van der Waals surface area contributed by atoms with Crippen LogP contribution in [0, 0.1) is 6.92 Å². The highest BCUT2D eigenvalue weighted by Crippen LogP contribution is 2.37. The van der Waals surface area contributed by atoms with Crippen LogP contribution in [0.3, 0.4) is 0 Å². The van der Waals surface area contributed by atoms with E-state index in [1.54, 1.807) is 31.8 Å². The second-order valence-electron chi connectivity index (χ2n) is 7.37. The maximum absolute atomic E-state index is 13.6. The van der Waals surface area contributed by atoms with Crippen LogP contribution in [-0.2, 0) is 20.3 Å². The van der Waals surface area contributed by atoms with Gasteiger partial charge in [-0.15, -0.1) is 0 Å². The maximum Gasteiger partial charge on any atom is 0.417 e. The maximum atomic E-state index is 13.6. The topological polar surface area (TPSA) is 64.7 Å². The van der Waals surface area contributed by atoms with Gasteiger partial charge in [-0.05, 0) is 31.2 Å². The van der Waals surface area contributed by atoms with Crippen molar-refractivity contribution in [1.82, 2.24) is 19.3 Å². The molecule has 32 heavy (non-hydrogen) atoms. The Morgan fingerprint density at radius 1 is 1.03 bits per heavy atom. The lowest BCUT2D eigenvalue weighted by molar-refractivity contribution is -0.137. The number of halogens is 3. The van der Waals surface area contributed by atoms with E-state index < -0.39 is 17.6 Å². The Balaban J connectivity index is 1.74. The van der Waals surface area contributed by atoms with E-state index in [1.807, 2.05) is 30.3 Å². The van der Waals surface area contributed by atoms with Crippen molar-refractivity contribution in [1.29, 1.82) is 0 Å². The molecule has 0 bridgehead atoms. The van der Waals surface area contributed by atoms with E-state index in [-0.39, 0.29) is 16.8 Å². The molecule has 6 nitrogen and oxygen atoms in total. The van der Waals surface area contributed by atoms with Crippen molar-refractivity contribution in [3.63, 3.8) is 0 Å². The number of imidazole rings is 1. The van der Waals surface area contributed by atoms with Gasteiger partial charge in [-0.2, -0.15) is 18.3 Å². The number of carbonyl (C=O) groups excluding carboxylic acids is 1. The molecule has 0 atom stereocenters. The summed E-state index contributed by atoms with van der Waals surface area (Å²) in [6, 6.07) is 14.1. The van der Waals surface area contributed by atoms with Crippen molar-refractivity contribution >= 4 is 11.7 Å². The third-order valence-corrected chi connectivity index (χ3v) is 5.17. The highest BCUT2D eigenvalue weighted by Gasteiger charge is 2.34. The predicted molar refractivity (Wildman–Crippen MR) is 115 cm³/mol. The van der Waals surface area contributed by atoms with Crippen molar-refractivity contribution in [3.8, 4) is 22.5 Å². The molecule has 2 heterocycles. The number of nitrogens with one attached hydrogen (secondary N) is 1. The van der Waals surface area contributed by atoms with Crippen molar-refractivity contribution in [2.75, 3.05) is 5.32 Å². The predicted octanol–water partition coefficient (Wildman–Crippen LogP) is 5.07. The van der Waals surface area contributed by atoms with Gasteiger partial charge in [0.05, 0.1) is 11.3 Å². The molecule has 0 aliphatic heterocycles. The number of carbonyl (C=O) groups is 1. The minimum absolute atomic E-state index is 0.0801. The Labute approximate surface area is 182 Å². The van der Waals surface area contributed by atoms with Crippen LogP contribution in [0.25, 0.3) is 22.5 Å². The third-order valence-electron chi connectivity index (χ3n) is 5.17. The molecule has 0 radical (unpaired) electrons. The number of rotatable bonds is 4. The molecule has 2 aromatic carbocycles. The Morgan fingerprint density at radius 2 is 1.75 bits per heavy atom. The van der Waals surface area contributed by atoms with Crippen LogP contribution in [0.5, 0.6) is 0 Å². The molecular formula is C23H20F3N5O. The second-order valence-corrected chi connectivity index (χ2v) is 7.37. The number of aryl methyl sites for hydroxylation is 2. The average molecular weight is 439 g/mol. The summed E-state index contributed by atoms with van der Waals surface area (Å²) in [6.45, 7) is 1.80. The quantitative estimate of drug-likeness (QED) is 0.483. The number of anilines is 1. The molecule has 0 saturated carbocycles. The summed E-state index contributed by atoms with van der Waals surface area (Å²) in [5.74, 6) is 0.592. The van der Waals surface area contributed by atoms with E-state index in [4.69, 9.17) is 0 Å². The minimum Gasteiger partial charge on any atom is -0.318 e. The fourth-order valence-corrected chi connectivity index (χ4v) is 3.43. The number of hydrogen-bond donors (Lipinski definition) is 1. The fraction of sp³-hybridized carbons (Fsp3) is 0.174. The average Bonchev–Trinajstić information content (AvgIpc) is 3.32. The largest absolute Gasteiger partial charge is 0.417 e. The molecule has 0 aliphatic carbocycles. The molecule has 0 saturated heterocycles. The summed E-state index contributed by atoms with van der Waals surface area (Å²) in [7, 11) is 3.37. The SMILES string of the molecule is Cc1nc(-c2ccccc2)c(NC(=O)c2ccc(C(F)(F)F)c(-c3ccn(C)n3)c2)n1C. The number of benzene rings is 2. The van der Waals surface area contributed by atoms with Crippen molar-refractivity contribution in [3.05, 3.63) is 77.7 Å². The molecule has 164 valence electrons. The van der Waals surface area contributed by atoms with Gasteiger partial charge in [-0.1, -0.05) is 30.3 Å². The number of nitrogens with zero attached hydrogens (tertiary/aromatic N) is 4. The van der Waals surface area contributed by atoms with Crippen LogP contribution in [0.2, 0.25) is 0 Å². The lowest BCUT2D eigenvalue weighted by atomic mass is 10.0. The van der Waals surface area contributed by atoms with Crippen molar-refractivity contribution in [2.24, 2.45) is 14.1 Å². The highest BCUT2D eigenvalue weighted by atomic mass is 19.4. The first kappa shape index (κ1) is 21.4. The summed E-state index contributed by atoms with van der Waals surface area (Å²) >= 11 is 0. The zero-order valence-electron chi connectivity index (χ0n) is 17.6. The van der Waals surface area contributed by atoms with Crippen molar-refractivity contribution in [2.45, 2.75) is 13.1 Å². The van der Waals surface area contributed by atoms with Crippen LogP contribution in [0.4, 0.5) is 19.0 Å². The first-order valence-electron chi connectivity index (χ1n) is 9.76. The molecule has 0 fully saturated rings. The van der Waals surface area contributed by atoms with Gasteiger partial charge in [0, 0.05) is 37.0 Å². The first-order chi connectivity index (χ1) is 15.1. The number of alkyl halides is 3. The van der Waals surface area contributed by atoms with Crippen LogP contribution < -0.4 is 5.32 Å². The molecule has 4 aromatic rings. The second kappa shape index (κ2) is 7.99. The molecule has 4 rings (SSSR count). The van der Waals surface area contributed by atoms with Crippen LogP contribution >= 0.6 is 0 Å². The molecule has 1 N–H and O–H groups in total. The van der Waals surface area contributed by atoms with E-state index in [0.717, 1.165) is 17.7 Å². The van der Waals surface area contributed by atoms with Crippen LogP contribution in [0.1, 0.15) is 21.7 Å². The monoisotopic (exact) mass is 439 g/mol. The zero-order chi connectivity index (χ0) is 23.0.